The van der Waals surface area contributed by atoms with E-state index < -0.39 is 0 Å². The summed E-state index contributed by atoms with van der Waals surface area (Å²) in [5.74, 6) is 0.179. The zero-order chi connectivity index (χ0) is 14.4. The average molecular weight is 285 g/mol. The Morgan fingerprint density at radius 2 is 2.15 bits per heavy atom. The van der Waals surface area contributed by atoms with Crippen LogP contribution in [0.5, 0.6) is 0 Å². The minimum atomic E-state index is -0.0423. The maximum atomic E-state index is 12.6. The Labute approximate surface area is 121 Å². The monoisotopic (exact) mass is 285 g/mol. The lowest BCUT2D eigenvalue weighted by atomic mass is 10.0. The quantitative estimate of drug-likeness (QED) is 0.688. The number of nitrogens with zero attached hydrogens (tertiary/aromatic N) is 2. The maximum absolute atomic E-state index is 12.6. The van der Waals surface area contributed by atoms with Crippen molar-refractivity contribution in [3.05, 3.63) is 0 Å². The number of rotatable bonds is 5. The summed E-state index contributed by atoms with van der Waals surface area (Å²) in [4.78, 5) is 16.8. The third kappa shape index (κ3) is 3.91. The van der Waals surface area contributed by atoms with Gasteiger partial charge in [0.25, 0.3) is 0 Å². The molecule has 2 rings (SSSR count). The molecule has 1 amide bonds. The van der Waals surface area contributed by atoms with Crippen LogP contribution in [0.3, 0.4) is 0 Å². The molecule has 6 nitrogen and oxygen atoms in total. The number of amides is 1. The normalized spacial score (nSPS) is 28.6. The highest BCUT2D eigenvalue weighted by Gasteiger charge is 2.36. The molecule has 0 aromatic carbocycles. The highest BCUT2D eigenvalue weighted by Crippen LogP contribution is 2.18. The van der Waals surface area contributed by atoms with Crippen molar-refractivity contribution in [2.45, 2.75) is 19.4 Å². The Hall–Kier alpha value is -0.690. The van der Waals surface area contributed by atoms with Crippen LogP contribution in [0, 0.1) is 5.92 Å². The zero-order valence-electron chi connectivity index (χ0n) is 12.4. The standard InChI is InChI=1S/C14H27N3O3/c1-2-15-13-11-20-10-12(13)14(19)17-5-3-4-16(6-7-17)8-9-18/h12-13,15,18H,2-11H2,1H3. The minimum Gasteiger partial charge on any atom is -0.395 e. The van der Waals surface area contributed by atoms with Gasteiger partial charge in [-0.1, -0.05) is 6.92 Å². The highest BCUT2D eigenvalue weighted by atomic mass is 16.5. The molecule has 0 saturated carbocycles. The van der Waals surface area contributed by atoms with E-state index in [0.717, 1.165) is 39.1 Å². The average Bonchev–Trinajstić information content (AvgIpc) is 2.77. The fourth-order valence-electron chi connectivity index (χ4n) is 3.05. The number of hydrogen-bond donors (Lipinski definition) is 2. The summed E-state index contributed by atoms with van der Waals surface area (Å²) < 4.78 is 5.47. The van der Waals surface area contributed by atoms with E-state index in [9.17, 15) is 4.79 Å². The molecule has 0 aliphatic carbocycles. The number of carbonyl (C=O) groups excluding carboxylic acids is 1. The number of likely N-dealkylation sites (N-methyl/N-ethyl adjacent to an activating group) is 1. The lowest BCUT2D eigenvalue weighted by Gasteiger charge is -2.26. The summed E-state index contributed by atoms with van der Waals surface area (Å²) in [5, 5.41) is 12.3. The van der Waals surface area contributed by atoms with Gasteiger partial charge in [0, 0.05) is 32.2 Å². The predicted octanol–water partition coefficient (Wildman–Crippen LogP) is -0.862. The fourth-order valence-corrected chi connectivity index (χ4v) is 3.05. The summed E-state index contributed by atoms with van der Waals surface area (Å²) >= 11 is 0. The van der Waals surface area contributed by atoms with Gasteiger partial charge in [-0.05, 0) is 19.5 Å². The van der Waals surface area contributed by atoms with Crippen LogP contribution in [0.2, 0.25) is 0 Å². The number of nitrogens with one attached hydrogen (secondary N) is 1. The Morgan fingerprint density at radius 3 is 2.90 bits per heavy atom. The summed E-state index contributed by atoms with van der Waals surface area (Å²) in [6.07, 6.45) is 0.977. The first kappa shape index (κ1) is 15.7. The van der Waals surface area contributed by atoms with Crippen molar-refractivity contribution < 1.29 is 14.6 Å². The van der Waals surface area contributed by atoms with E-state index in [-0.39, 0.29) is 24.5 Å². The first-order valence-corrected chi connectivity index (χ1v) is 7.69. The summed E-state index contributed by atoms with van der Waals surface area (Å²) in [6.45, 7) is 8.36. The first-order chi connectivity index (χ1) is 9.76. The molecule has 2 N–H and O–H groups in total. The topological polar surface area (TPSA) is 65.0 Å². The molecular weight excluding hydrogens is 258 g/mol. The van der Waals surface area contributed by atoms with Gasteiger partial charge in [0.2, 0.25) is 5.91 Å². The van der Waals surface area contributed by atoms with Gasteiger partial charge in [-0.3, -0.25) is 9.69 Å². The predicted molar refractivity (Wildman–Crippen MR) is 76.5 cm³/mol. The lowest BCUT2D eigenvalue weighted by molar-refractivity contribution is -0.135. The van der Waals surface area contributed by atoms with E-state index in [2.05, 4.69) is 17.1 Å². The molecule has 2 unspecified atom stereocenters. The van der Waals surface area contributed by atoms with E-state index in [1.54, 1.807) is 0 Å². The summed E-state index contributed by atoms with van der Waals surface area (Å²) in [7, 11) is 0. The van der Waals surface area contributed by atoms with E-state index >= 15 is 0 Å². The molecule has 0 aromatic rings. The van der Waals surface area contributed by atoms with Crippen LogP contribution in [-0.4, -0.2) is 85.9 Å². The molecule has 2 atom stereocenters. The van der Waals surface area contributed by atoms with Crippen LogP contribution < -0.4 is 5.32 Å². The van der Waals surface area contributed by atoms with Crippen molar-refractivity contribution in [1.29, 1.82) is 0 Å². The molecule has 2 aliphatic heterocycles. The van der Waals surface area contributed by atoms with Crippen LogP contribution >= 0.6 is 0 Å². The highest BCUT2D eigenvalue weighted by molar-refractivity contribution is 5.80. The van der Waals surface area contributed by atoms with Crippen molar-refractivity contribution in [3.63, 3.8) is 0 Å². The Kier molecular flexibility index (Phi) is 6.22. The molecular formula is C14H27N3O3. The number of carbonyl (C=O) groups is 1. The van der Waals surface area contributed by atoms with Crippen molar-refractivity contribution in [2.24, 2.45) is 5.92 Å². The molecule has 2 saturated heterocycles. The molecule has 0 bridgehead atoms. The van der Waals surface area contributed by atoms with Gasteiger partial charge in [-0.2, -0.15) is 0 Å². The van der Waals surface area contributed by atoms with E-state index in [0.29, 0.717) is 19.8 Å². The number of ether oxygens (including phenoxy) is 1. The fraction of sp³-hybridized carbons (Fsp3) is 0.929. The van der Waals surface area contributed by atoms with Crippen molar-refractivity contribution in [2.75, 3.05) is 59.1 Å². The maximum Gasteiger partial charge on any atom is 0.229 e. The largest absolute Gasteiger partial charge is 0.395 e. The molecule has 20 heavy (non-hydrogen) atoms. The van der Waals surface area contributed by atoms with Crippen molar-refractivity contribution >= 4 is 5.91 Å². The molecule has 6 heteroatoms. The van der Waals surface area contributed by atoms with Crippen molar-refractivity contribution in [3.8, 4) is 0 Å². The van der Waals surface area contributed by atoms with Crippen LogP contribution in [0.15, 0.2) is 0 Å². The minimum absolute atomic E-state index is 0.0423. The molecule has 0 spiro atoms. The van der Waals surface area contributed by atoms with Gasteiger partial charge in [0.05, 0.1) is 25.7 Å². The van der Waals surface area contributed by atoms with E-state index in [4.69, 9.17) is 9.84 Å². The summed E-state index contributed by atoms with van der Waals surface area (Å²) in [5.41, 5.74) is 0. The smallest absolute Gasteiger partial charge is 0.229 e. The van der Waals surface area contributed by atoms with Crippen molar-refractivity contribution in [1.82, 2.24) is 15.1 Å². The van der Waals surface area contributed by atoms with Crippen LogP contribution in [-0.2, 0) is 9.53 Å². The van der Waals surface area contributed by atoms with Gasteiger partial charge in [-0.25, -0.2) is 0 Å². The van der Waals surface area contributed by atoms with Gasteiger partial charge < -0.3 is 20.1 Å². The SMILES string of the molecule is CCNC1COCC1C(=O)N1CCCN(CCO)CC1. The Balaban J connectivity index is 1.88. The zero-order valence-corrected chi connectivity index (χ0v) is 12.4. The summed E-state index contributed by atoms with van der Waals surface area (Å²) in [6, 6.07) is 0.157. The molecule has 2 fully saturated rings. The Bertz CT molecular complexity index is 314. The second-order valence-corrected chi connectivity index (χ2v) is 5.55. The molecule has 116 valence electrons. The number of hydrogen-bond acceptors (Lipinski definition) is 5. The molecule has 0 aromatic heterocycles. The van der Waals surface area contributed by atoms with Crippen LogP contribution in [0.1, 0.15) is 13.3 Å². The van der Waals surface area contributed by atoms with Gasteiger partial charge in [-0.15, -0.1) is 0 Å². The Morgan fingerprint density at radius 1 is 1.30 bits per heavy atom. The third-order valence-electron chi connectivity index (χ3n) is 4.18. The van der Waals surface area contributed by atoms with E-state index in [1.807, 2.05) is 4.90 Å². The van der Waals surface area contributed by atoms with Gasteiger partial charge in [0.15, 0.2) is 0 Å². The molecule has 2 aliphatic rings. The van der Waals surface area contributed by atoms with Gasteiger partial charge >= 0.3 is 0 Å². The molecule has 2 heterocycles. The van der Waals surface area contributed by atoms with E-state index in [1.165, 1.54) is 0 Å². The van der Waals surface area contributed by atoms with Gasteiger partial charge in [0.1, 0.15) is 0 Å². The van der Waals surface area contributed by atoms with Crippen LogP contribution in [0.25, 0.3) is 0 Å². The number of aliphatic hydroxyl groups is 1. The lowest BCUT2D eigenvalue weighted by Crippen LogP contribution is -2.46. The number of β-amino-alcohol motifs (C(OH)–C–C–N with tert-alkyl or cyclic N) is 1. The van der Waals surface area contributed by atoms with Crippen LogP contribution in [0.4, 0.5) is 0 Å². The first-order valence-electron chi connectivity index (χ1n) is 7.69. The second-order valence-electron chi connectivity index (χ2n) is 5.55. The molecule has 0 radical (unpaired) electrons. The second kappa shape index (κ2) is 7.93. The third-order valence-corrected chi connectivity index (χ3v) is 4.18. The number of aliphatic hydroxyl groups excluding tert-OH is 1.